The summed E-state index contributed by atoms with van der Waals surface area (Å²) in [5.74, 6) is 0. The van der Waals surface area contributed by atoms with Crippen molar-refractivity contribution in [1.82, 2.24) is 4.57 Å². The highest BCUT2D eigenvalue weighted by atomic mass is 15.0. The Balaban J connectivity index is 2.04. The Hall–Kier alpha value is -3.32. The summed E-state index contributed by atoms with van der Waals surface area (Å²) in [5, 5.41) is 1.19. The first kappa shape index (κ1) is 15.2. The van der Waals surface area contributed by atoms with Crippen molar-refractivity contribution in [2.45, 2.75) is 0 Å². The summed E-state index contributed by atoms with van der Waals surface area (Å²) >= 11 is 0. The lowest BCUT2D eigenvalue weighted by molar-refractivity contribution is 1.11. The van der Waals surface area contributed by atoms with Gasteiger partial charge in [-0.15, -0.1) is 0 Å². The quantitative estimate of drug-likeness (QED) is 0.400. The molecule has 0 unspecified atom stereocenters. The Morgan fingerprint density at radius 1 is 0.680 bits per heavy atom. The molecule has 0 fully saturated rings. The Bertz CT molecular complexity index is 1050. The van der Waals surface area contributed by atoms with Gasteiger partial charge in [-0.2, -0.15) is 0 Å². The van der Waals surface area contributed by atoms with E-state index in [1.807, 2.05) is 24.3 Å². The molecule has 4 rings (SSSR count). The summed E-state index contributed by atoms with van der Waals surface area (Å²) in [5.41, 5.74) is 6.90. The van der Waals surface area contributed by atoms with Gasteiger partial charge in [0, 0.05) is 16.6 Å². The van der Waals surface area contributed by atoms with Gasteiger partial charge in [-0.25, -0.2) is 0 Å². The second-order valence-corrected chi connectivity index (χ2v) is 5.98. The summed E-state index contributed by atoms with van der Waals surface area (Å²) in [7, 11) is 0. The van der Waals surface area contributed by atoms with Crippen LogP contribution in [0.15, 0.2) is 92.0 Å². The van der Waals surface area contributed by atoms with E-state index in [1.165, 1.54) is 16.5 Å². The molecule has 0 amide bonds. The lowest BCUT2D eigenvalue weighted by atomic mass is 10.0. The average Bonchev–Trinajstić information content (AvgIpc) is 3.02. The Morgan fingerprint density at radius 2 is 1.36 bits per heavy atom. The second-order valence-electron chi connectivity index (χ2n) is 5.98. The van der Waals surface area contributed by atoms with Gasteiger partial charge in [-0.1, -0.05) is 73.8 Å². The monoisotopic (exact) mass is 321 g/mol. The van der Waals surface area contributed by atoms with Crippen LogP contribution in [0, 0.1) is 0 Å². The van der Waals surface area contributed by atoms with Gasteiger partial charge in [0.2, 0.25) is 0 Å². The van der Waals surface area contributed by atoms with Gasteiger partial charge >= 0.3 is 0 Å². The average molecular weight is 321 g/mol. The van der Waals surface area contributed by atoms with Crippen LogP contribution < -0.4 is 0 Å². The van der Waals surface area contributed by atoms with Crippen LogP contribution in [0.4, 0.5) is 0 Å². The van der Waals surface area contributed by atoms with Gasteiger partial charge in [0.25, 0.3) is 0 Å². The van der Waals surface area contributed by atoms with E-state index in [0.717, 1.165) is 22.5 Å². The molecule has 0 saturated heterocycles. The van der Waals surface area contributed by atoms with Crippen molar-refractivity contribution < 1.29 is 0 Å². The molecule has 1 nitrogen and oxygen atoms in total. The van der Waals surface area contributed by atoms with E-state index in [0.29, 0.717) is 0 Å². The fourth-order valence-corrected chi connectivity index (χ4v) is 3.42. The van der Waals surface area contributed by atoms with Crippen LogP contribution in [0.2, 0.25) is 0 Å². The molecule has 0 N–H and O–H groups in total. The molecule has 0 atom stereocenters. The zero-order valence-corrected chi connectivity index (χ0v) is 14.0. The molecular weight excluding hydrogens is 302 g/mol. The summed E-state index contributed by atoms with van der Waals surface area (Å²) in [4.78, 5) is 0. The number of nitrogens with zero attached hydrogens (tertiary/aromatic N) is 1. The number of hydrogen-bond donors (Lipinski definition) is 0. The first-order valence-electron chi connectivity index (χ1n) is 8.37. The third-order valence-electron chi connectivity index (χ3n) is 4.56. The summed E-state index contributed by atoms with van der Waals surface area (Å²) in [6.45, 7) is 8.07. The predicted molar refractivity (Wildman–Crippen MR) is 109 cm³/mol. The van der Waals surface area contributed by atoms with Crippen LogP contribution in [-0.4, -0.2) is 4.57 Å². The van der Waals surface area contributed by atoms with Crippen LogP contribution in [0.25, 0.3) is 39.9 Å². The van der Waals surface area contributed by atoms with Crippen molar-refractivity contribution >= 4 is 23.1 Å². The zero-order valence-electron chi connectivity index (χ0n) is 14.0. The van der Waals surface area contributed by atoms with Gasteiger partial charge in [0.1, 0.15) is 0 Å². The normalized spacial score (nSPS) is 10.7. The topological polar surface area (TPSA) is 4.93 Å². The van der Waals surface area contributed by atoms with Crippen molar-refractivity contribution in [2.24, 2.45) is 0 Å². The van der Waals surface area contributed by atoms with Crippen LogP contribution in [0.5, 0.6) is 0 Å². The highest BCUT2D eigenvalue weighted by Crippen LogP contribution is 2.34. The third kappa shape index (κ3) is 2.50. The Kier molecular flexibility index (Phi) is 3.83. The second kappa shape index (κ2) is 6.29. The van der Waals surface area contributed by atoms with Crippen LogP contribution in [0.1, 0.15) is 11.3 Å². The maximum absolute atomic E-state index is 4.04. The van der Waals surface area contributed by atoms with Gasteiger partial charge in [-0.05, 0) is 41.5 Å². The molecule has 0 aliphatic carbocycles. The van der Waals surface area contributed by atoms with Gasteiger partial charge in [0.05, 0.1) is 11.2 Å². The van der Waals surface area contributed by atoms with Gasteiger partial charge in [-0.3, -0.25) is 0 Å². The minimum atomic E-state index is 1.07. The van der Waals surface area contributed by atoms with E-state index in [4.69, 9.17) is 0 Å². The molecule has 4 aromatic rings. The van der Waals surface area contributed by atoms with E-state index in [9.17, 15) is 0 Å². The van der Waals surface area contributed by atoms with Crippen molar-refractivity contribution in [3.8, 4) is 16.8 Å². The molecule has 1 aromatic heterocycles. The van der Waals surface area contributed by atoms with Crippen LogP contribution in [-0.2, 0) is 0 Å². The molecule has 1 heteroatoms. The minimum Gasteiger partial charge on any atom is -0.309 e. The maximum Gasteiger partial charge on any atom is 0.0541 e. The van der Waals surface area contributed by atoms with Crippen molar-refractivity contribution in [1.29, 1.82) is 0 Å². The molecule has 25 heavy (non-hydrogen) atoms. The van der Waals surface area contributed by atoms with E-state index in [-0.39, 0.29) is 0 Å². The number of rotatable bonds is 4. The van der Waals surface area contributed by atoms with E-state index < -0.39 is 0 Å². The van der Waals surface area contributed by atoms with E-state index in [1.54, 1.807) is 0 Å². The number of fused-ring (bicyclic) bond motifs is 1. The fourth-order valence-electron chi connectivity index (χ4n) is 3.42. The highest BCUT2D eigenvalue weighted by molar-refractivity contribution is 5.97. The van der Waals surface area contributed by atoms with Gasteiger partial charge < -0.3 is 4.57 Å². The number of benzene rings is 3. The molecule has 0 radical (unpaired) electrons. The van der Waals surface area contributed by atoms with Gasteiger partial charge in [0.15, 0.2) is 0 Å². The molecule has 0 spiro atoms. The van der Waals surface area contributed by atoms with E-state index >= 15 is 0 Å². The molecule has 0 bridgehead atoms. The van der Waals surface area contributed by atoms with Crippen molar-refractivity contribution in [3.05, 3.63) is 103 Å². The highest BCUT2D eigenvalue weighted by Gasteiger charge is 2.15. The number of para-hydroxylation sites is 1. The largest absolute Gasteiger partial charge is 0.309 e. The predicted octanol–water partition coefficient (Wildman–Crippen LogP) is 6.58. The molecule has 1 heterocycles. The first-order chi connectivity index (χ1) is 12.3. The minimum absolute atomic E-state index is 1.07. The third-order valence-corrected chi connectivity index (χ3v) is 4.56. The summed E-state index contributed by atoms with van der Waals surface area (Å²) in [6, 6.07) is 27.4. The van der Waals surface area contributed by atoms with Crippen LogP contribution in [0.3, 0.4) is 0 Å². The molecule has 0 aliphatic rings. The standard InChI is InChI=1S/C24H19N/c1-3-21-22-17-19(18-11-7-5-8-12-18)15-16-24(22)25(23(21)4-2)20-13-9-6-10-14-20/h3-17H,1-2H2. The molecule has 0 aliphatic heterocycles. The lowest BCUT2D eigenvalue weighted by Crippen LogP contribution is -1.96. The molecule has 0 saturated carbocycles. The van der Waals surface area contributed by atoms with Crippen molar-refractivity contribution in [3.63, 3.8) is 0 Å². The summed E-state index contributed by atoms with van der Waals surface area (Å²) < 4.78 is 2.24. The van der Waals surface area contributed by atoms with E-state index in [2.05, 4.69) is 84.5 Å². The number of aromatic nitrogens is 1. The van der Waals surface area contributed by atoms with Crippen LogP contribution >= 0.6 is 0 Å². The Labute approximate surface area is 148 Å². The SMILES string of the molecule is C=Cc1c(C=C)n(-c2ccccc2)c2ccc(-c3ccccc3)cc12. The lowest BCUT2D eigenvalue weighted by Gasteiger charge is -2.09. The molecule has 3 aromatic carbocycles. The Morgan fingerprint density at radius 3 is 2.00 bits per heavy atom. The number of hydrogen-bond acceptors (Lipinski definition) is 0. The molecule has 120 valence electrons. The fraction of sp³-hybridized carbons (Fsp3) is 0. The summed E-state index contributed by atoms with van der Waals surface area (Å²) in [6.07, 6.45) is 3.83. The molecular formula is C24H19N. The zero-order chi connectivity index (χ0) is 17.2. The maximum atomic E-state index is 4.04. The van der Waals surface area contributed by atoms with Crippen molar-refractivity contribution in [2.75, 3.05) is 0 Å². The smallest absolute Gasteiger partial charge is 0.0541 e. The first-order valence-corrected chi connectivity index (χ1v) is 8.37.